The monoisotopic (exact) mass is 409 g/mol. The van der Waals surface area contributed by atoms with E-state index in [1.165, 1.54) is 22.5 Å². The van der Waals surface area contributed by atoms with Gasteiger partial charge in [0.15, 0.2) is 0 Å². The molecule has 2 aromatic carbocycles. The fraction of sp³-hybridized carbons (Fsp3) is 0.227. The molecule has 0 aliphatic heterocycles. The number of aromatic nitrogens is 2. The van der Waals surface area contributed by atoms with Crippen LogP contribution in [0.3, 0.4) is 0 Å². The molecule has 0 aliphatic rings. The number of methoxy groups -OCH3 is 1. The van der Waals surface area contributed by atoms with Gasteiger partial charge in [-0.1, -0.05) is 30.0 Å². The average molecular weight is 410 g/mol. The van der Waals surface area contributed by atoms with E-state index in [0.29, 0.717) is 22.2 Å². The van der Waals surface area contributed by atoms with Crippen LogP contribution in [0.5, 0.6) is 5.75 Å². The molecule has 150 valence electrons. The van der Waals surface area contributed by atoms with Crippen molar-refractivity contribution in [3.05, 3.63) is 76.1 Å². The van der Waals surface area contributed by atoms with Crippen LogP contribution >= 0.6 is 11.8 Å². The van der Waals surface area contributed by atoms with Crippen LogP contribution in [0.4, 0.5) is 5.69 Å². The van der Waals surface area contributed by atoms with Crippen molar-refractivity contribution in [2.75, 3.05) is 12.4 Å². The number of para-hydroxylation sites is 2. The summed E-state index contributed by atoms with van der Waals surface area (Å²) in [5, 5.41) is 7.48. The fourth-order valence-corrected chi connectivity index (χ4v) is 3.52. The van der Waals surface area contributed by atoms with Crippen LogP contribution in [-0.2, 0) is 4.79 Å². The highest BCUT2D eigenvalue weighted by atomic mass is 32.2. The molecule has 1 amide bonds. The summed E-state index contributed by atoms with van der Waals surface area (Å²) in [5.41, 5.74) is 3.32. The van der Waals surface area contributed by atoms with Crippen molar-refractivity contribution in [1.82, 2.24) is 9.78 Å². The van der Waals surface area contributed by atoms with Gasteiger partial charge in [0.2, 0.25) is 5.91 Å². The van der Waals surface area contributed by atoms with Crippen molar-refractivity contribution in [2.24, 2.45) is 0 Å². The molecule has 0 fully saturated rings. The second-order valence-corrected chi connectivity index (χ2v) is 8.00. The zero-order valence-electron chi connectivity index (χ0n) is 16.8. The summed E-state index contributed by atoms with van der Waals surface area (Å²) in [6, 6.07) is 16.1. The van der Waals surface area contributed by atoms with Gasteiger partial charge in [0.25, 0.3) is 5.56 Å². The van der Waals surface area contributed by atoms with Gasteiger partial charge >= 0.3 is 0 Å². The van der Waals surface area contributed by atoms with Crippen molar-refractivity contribution in [2.45, 2.75) is 31.0 Å². The van der Waals surface area contributed by atoms with E-state index < -0.39 is 5.25 Å². The highest BCUT2D eigenvalue weighted by Crippen LogP contribution is 2.26. The van der Waals surface area contributed by atoms with E-state index in [2.05, 4.69) is 10.4 Å². The number of carbonyl (C=O) groups is 1. The summed E-state index contributed by atoms with van der Waals surface area (Å²) >= 11 is 1.29. The molecule has 0 bridgehead atoms. The predicted molar refractivity (Wildman–Crippen MR) is 116 cm³/mol. The lowest BCUT2D eigenvalue weighted by Crippen LogP contribution is -2.24. The maximum Gasteiger partial charge on any atom is 0.271 e. The van der Waals surface area contributed by atoms with Crippen molar-refractivity contribution >= 4 is 23.4 Å². The Morgan fingerprint density at radius 2 is 1.86 bits per heavy atom. The Bertz CT molecular complexity index is 1090. The number of nitrogens with one attached hydrogen (secondary N) is 1. The van der Waals surface area contributed by atoms with Crippen molar-refractivity contribution in [3.63, 3.8) is 0 Å². The lowest BCUT2D eigenvalue weighted by molar-refractivity contribution is -0.115. The number of thioether (sulfide) groups is 1. The Kier molecular flexibility index (Phi) is 6.39. The highest BCUT2D eigenvalue weighted by molar-refractivity contribution is 8.00. The van der Waals surface area contributed by atoms with Gasteiger partial charge in [-0.3, -0.25) is 9.59 Å². The number of hydrogen-bond donors (Lipinski definition) is 1. The Labute approximate surface area is 173 Å². The molecule has 1 N–H and O–H groups in total. The van der Waals surface area contributed by atoms with Crippen LogP contribution < -0.4 is 15.6 Å². The van der Waals surface area contributed by atoms with E-state index in [1.54, 1.807) is 32.2 Å². The first-order chi connectivity index (χ1) is 13.9. The van der Waals surface area contributed by atoms with Crippen molar-refractivity contribution in [1.29, 1.82) is 0 Å². The zero-order chi connectivity index (χ0) is 21.0. The van der Waals surface area contributed by atoms with E-state index in [1.807, 2.05) is 44.2 Å². The maximum atomic E-state index is 12.6. The molecule has 0 spiro atoms. The van der Waals surface area contributed by atoms with Gasteiger partial charge < -0.3 is 10.1 Å². The van der Waals surface area contributed by atoms with Gasteiger partial charge in [-0.15, -0.1) is 0 Å². The van der Waals surface area contributed by atoms with Crippen LogP contribution in [0.25, 0.3) is 5.69 Å². The molecule has 1 atom stereocenters. The Morgan fingerprint density at radius 1 is 1.10 bits per heavy atom. The van der Waals surface area contributed by atoms with Crippen molar-refractivity contribution in [3.8, 4) is 11.4 Å². The predicted octanol–water partition coefficient (Wildman–Crippen LogP) is 3.98. The van der Waals surface area contributed by atoms with E-state index >= 15 is 0 Å². The number of aryl methyl sites for hydroxylation is 2. The Balaban J connectivity index is 1.78. The van der Waals surface area contributed by atoms with Gasteiger partial charge in [0.1, 0.15) is 10.8 Å². The number of rotatable bonds is 6. The number of hydrogen-bond acceptors (Lipinski definition) is 5. The molecule has 3 aromatic rings. The lowest BCUT2D eigenvalue weighted by atomic mass is 10.1. The molecule has 1 heterocycles. The first kappa shape index (κ1) is 20.7. The van der Waals surface area contributed by atoms with Gasteiger partial charge in [0.05, 0.1) is 23.7 Å². The summed E-state index contributed by atoms with van der Waals surface area (Å²) in [6.07, 6.45) is 0. The highest BCUT2D eigenvalue weighted by Gasteiger charge is 2.17. The summed E-state index contributed by atoms with van der Waals surface area (Å²) in [7, 11) is 1.56. The largest absolute Gasteiger partial charge is 0.495 e. The maximum absolute atomic E-state index is 12.6. The molecular weight excluding hydrogens is 386 g/mol. The number of ether oxygens (including phenoxy) is 1. The molecule has 3 rings (SSSR count). The van der Waals surface area contributed by atoms with Crippen LogP contribution in [0.2, 0.25) is 0 Å². The first-order valence-electron chi connectivity index (χ1n) is 9.17. The molecular formula is C22H23N3O3S. The summed E-state index contributed by atoms with van der Waals surface area (Å²) in [6.45, 7) is 5.80. The first-order valence-corrected chi connectivity index (χ1v) is 10.1. The summed E-state index contributed by atoms with van der Waals surface area (Å²) in [5.74, 6) is 0.421. The van der Waals surface area contributed by atoms with Gasteiger partial charge in [-0.05, 0) is 62.2 Å². The number of anilines is 1. The van der Waals surface area contributed by atoms with Gasteiger partial charge in [0, 0.05) is 6.07 Å². The lowest BCUT2D eigenvalue weighted by Gasteiger charge is -2.14. The topological polar surface area (TPSA) is 73.2 Å². The Hall–Kier alpha value is -3.06. The second-order valence-electron chi connectivity index (χ2n) is 6.64. The van der Waals surface area contributed by atoms with Crippen LogP contribution in [0.15, 0.2) is 64.4 Å². The third-order valence-electron chi connectivity index (χ3n) is 4.54. The number of carbonyl (C=O) groups excluding carboxylic acids is 1. The molecule has 0 radical (unpaired) electrons. The Morgan fingerprint density at radius 3 is 2.59 bits per heavy atom. The quantitative estimate of drug-likeness (QED) is 0.624. The van der Waals surface area contributed by atoms with Gasteiger partial charge in [-0.25, -0.2) is 0 Å². The van der Waals surface area contributed by atoms with E-state index in [4.69, 9.17) is 4.74 Å². The molecule has 29 heavy (non-hydrogen) atoms. The minimum Gasteiger partial charge on any atom is -0.495 e. The molecule has 6 nitrogen and oxygen atoms in total. The van der Waals surface area contributed by atoms with E-state index in [0.717, 1.165) is 11.1 Å². The minimum absolute atomic E-state index is 0.176. The number of nitrogens with zero attached hydrogens (tertiary/aromatic N) is 2. The molecule has 0 saturated carbocycles. The molecule has 1 aromatic heterocycles. The average Bonchev–Trinajstić information content (AvgIpc) is 2.72. The normalized spacial score (nSPS) is 11.7. The van der Waals surface area contributed by atoms with E-state index in [-0.39, 0.29) is 11.5 Å². The number of benzene rings is 2. The number of amides is 1. The molecule has 7 heteroatoms. The fourth-order valence-electron chi connectivity index (χ4n) is 2.72. The standard InChI is InChI=1S/C22H23N3O3S/c1-14-9-10-17(13-15(14)2)25-21(26)12-11-20(24-25)29-16(3)22(27)23-18-7-5-6-8-19(18)28-4/h5-13,16H,1-4H3,(H,23,27)/t16-/m0/s1. The van der Waals surface area contributed by atoms with Crippen LogP contribution in [-0.4, -0.2) is 28.0 Å². The SMILES string of the molecule is COc1ccccc1NC(=O)[C@H](C)Sc1ccc(=O)n(-c2ccc(C)c(C)c2)n1. The second kappa shape index (κ2) is 8.96. The van der Waals surface area contributed by atoms with Crippen LogP contribution in [0, 0.1) is 13.8 Å². The zero-order valence-corrected chi connectivity index (χ0v) is 17.6. The van der Waals surface area contributed by atoms with Gasteiger partial charge in [-0.2, -0.15) is 9.78 Å². The third-order valence-corrected chi connectivity index (χ3v) is 5.57. The van der Waals surface area contributed by atoms with Crippen molar-refractivity contribution < 1.29 is 9.53 Å². The summed E-state index contributed by atoms with van der Waals surface area (Å²) in [4.78, 5) is 24.9. The smallest absolute Gasteiger partial charge is 0.271 e. The molecule has 0 aliphatic carbocycles. The molecule has 0 unspecified atom stereocenters. The third kappa shape index (κ3) is 4.86. The van der Waals surface area contributed by atoms with E-state index in [9.17, 15) is 9.59 Å². The molecule has 0 saturated heterocycles. The summed E-state index contributed by atoms with van der Waals surface area (Å²) < 4.78 is 6.63. The van der Waals surface area contributed by atoms with Crippen LogP contribution in [0.1, 0.15) is 18.1 Å². The minimum atomic E-state index is -0.418.